The van der Waals surface area contributed by atoms with Gasteiger partial charge < -0.3 is 15.3 Å². The summed E-state index contributed by atoms with van der Waals surface area (Å²) in [5.74, 6) is 0.570. The van der Waals surface area contributed by atoms with Gasteiger partial charge in [0.05, 0.1) is 6.10 Å². The highest BCUT2D eigenvalue weighted by atomic mass is 16.3. The van der Waals surface area contributed by atoms with Crippen LogP contribution in [0.15, 0.2) is 48.7 Å². The van der Waals surface area contributed by atoms with E-state index in [0.717, 1.165) is 11.4 Å². The fourth-order valence-electron chi connectivity index (χ4n) is 2.61. The van der Waals surface area contributed by atoms with Gasteiger partial charge in [-0.25, -0.2) is 4.98 Å². The van der Waals surface area contributed by atoms with Crippen molar-refractivity contribution in [1.82, 2.24) is 10.3 Å². The van der Waals surface area contributed by atoms with Crippen LogP contribution >= 0.6 is 0 Å². The van der Waals surface area contributed by atoms with E-state index >= 15 is 0 Å². The topological polar surface area (TPSA) is 65.5 Å². The van der Waals surface area contributed by atoms with Crippen LogP contribution in [0.4, 0.5) is 5.82 Å². The van der Waals surface area contributed by atoms with Crippen LogP contribution < -0.4 is 10.2 Å². The van der Waals surface area contributed by atoms with Crippen molar-refractivity contribution in [3.05, 3.63) is 59.8 Å². The third-order valence-corrected chi connectivity index (χ3v) is 4.58. The highest BCUT2D eigenvalue weighted by molar-refractivity contribution is 5.94. The highest BCUT2D eigenvalue weighted by Gasteiger charge is 2.31. The van der Waals surface area contributed by atoms with Gasteiger partial charge in [-0.1, -0.05) is 37.3 Å². The number of pyridine rings is 1. The summed E-state index contributed by atoms with van der Waals surface area (Å²) in [5, 5.41) is 13.2. The summed E-state index contributed by atoms with van der Waals surface area (Å²) in [4.78, 5) is 18.6. The monoisotopic (exact) mass is 341 g/mol. The first-order valence-electron chi connectivity index (χ1n) is 8.45. The summed E-state index contributed by atoms with van der Waals surface area (Å²) in [5.41, 5.74) is 1.25. The summed E-state index contributed by atoms with van der Waals surface area (Å²) in [6.45, 7) is 4.15. The Hall–Kier alpha value is -2.40. The average molecular weight is 341 g/mol. The molecular weight excluding hydrogens is 314 g/mol. The number of aliphatic hydroxyl groups is 1. The minimum absolute atomic E-state index is 0.162. The van der Waals surface area contributed by atoms with Crippen molar-refractivity contribution in [2.75, 3.05) is 25.5 Å². The van der Waals surface area contributed by atoms with Gasteiger partial charge in [0.15, 0.2) is 0 Å². The molecular formula is C20H27N3O2. The average Bonchev–Trinajstić information content (AvgIpc) is 2.60. The van der Waals surface area contributed by atoms with E-state index < -0.39 is 11.5 Å². The zero-order valence-corrected chi connectivity index (χ0v) is 15.4. The molecule has 134 valence electrons. The number of carbonyl (C=O) groups is 1. The Morgan fingerprint density at radius 3 is 2.56 bits per heavy atom. The lowest BCUT2D eigenvalue weighted by Crippen LogP contribution is -2.43. The van der Waals surface area contributed by atoms with Crippen LogP contribution in [0, 0.1) is 5.41 Å². The fourth-order valence-corrected chi connectivity index (χ4v) is 2.61. The summed E-state index contributed by atoms with van der Waals surface area (Å²) in [7, 11) is 3.77. The molecule has 0 spiro atoms. The van der Waals surface area contributed by atoms with E-state index in [-0.39, 0.29) is 5.91 Å². The third-order valence-electron chi connectivity index (χ3n) is 4.58. The second-order valence-corrected chi connectivity index (χ2v) is 6.97. The molecule has 0 saturated carbocycles. The summed E-state index contributed by atoms with van der Waals surface area (Å²) < 4.78 is 0. The molecule has 1 aromatic heterocycles. The fraction of sp³-hybridized carbons (Fsp3) is 0.400. The van der Waals surface area contributed by atoms with E-state index in [1.165, 1.54) is 0 Å². The first kappa shape index (κ1) is 18.9. The lowest BCUT2D eigenvalue weighted by atomic mass is 9.79. The number of amides is 1. The predicted molar refractivity (Wildman–Crippen MR) is 101 cm³/mol. The molecule has 2 atom stereocenters. The molecule has 0 bridgehead atoms. The number of aromatic nitrogens is 1. The maximum Gasteiger partial charge on any atom is 0.251 e. The van der Waals surface area contributed by atoms with Crippen LogP contribution in [0.1, 0.15) is 29.8 Å². The molecule has 0 aliphatic rings. The van der Waals surface area contributed by atoms with Gasteiger partial charge in [0.25, 0.3) is 5.91 Å². The number of aliphatic hydroxyl groups excluding tert-OH is 1. The molecule has 5 nitrogen and oxygen atoms in total. The number of hydrogen-bond donors (Lipinski definition) is 2. The number of hydrogen-bond acceptors (Lipinski definition) is 4. The molecule has 1 heterocycles. The summed E-state index contributed by atoms with van der Waals surface area (Å²) in [6.07, 6.45) is 1.76. The second-order valence-electron chi connectivity index (χ2n) is 6.97. The van der Waals surface area contributed by atoms with Crippen molar-refractivity contribution < 1.29 is 9.90 Å². The van der Waals surface area contributed by atoms with Crippen LogP contribution in [0.25, 0.3) is 0 Å². The van der Waals surface area contributed by atoms with Crippen molar-refractivity contribution in [2.24, 2.45) is 5.41 Å². The second kappa shape index (κ2) is 8.12. The minimum atomic E-state index is -0.553. The number of nitrogens with zero attached hydrogens (tertiary/aromatic N) is 2. The van der Waals surface area contributed by atoms with E-state index in [9.17, 15) is 9.90 Å². The Labute approximate surface area is 149 Å². The third kappa shape index (κ3) is 5.03. The molecule has 0 saturated heterocycles. The van der Waals surface area contributed by atoms with E-state index in [4.69, 9.17) is 0 Å². The van der Waals surface area contributed by atoms with Crippen LogP contribution in [0.3, 0.4) is 0 Å². The molecule has 2 unspecified atom stereocenters. The number of carbonyl (C=O) groups excluding carboxylic acids is 1. The van der Waals surface area contributed by atoms with Gasteiger partial charge in [-0.3, -0.25) is 4.79 Å². The van der Waals surface area contributed by atoms with Crippen LogP contribution in [-0.4, -0.2) is 42.7 Å². The van der Waals surface area contributed by atoms with E-state index in [2.05, 4.69) is 10.3 Å². The molecule has 0 aliphatic carbocycles. The van der Waals surface area contributed by atoms with Gasteiger partial charge in [-0.15, -0.1) is 0 Å². The predicted octanol–water partition coefficient (Wildman–Crippen LogP) is 2.51. The largest absolute Gasteiger partial charge is 0.393 e. The Balaban J connectivity index is 2.08. The van der Waals surface area contributed by atoms with E-state index in [1.54, 1.807) is 25.3 Å². The smallest absolute Gasteiger partial charge is 0.251 e. The van der Waals surface area contributed by atoms with E-state index in [0.29, 0.717) is 18.5 Å². The van der Waals surface area contributed by atoms with Gasteiger partial charge in [0.2, 0.25) is 0 Å². The van der Waals surface area contributed by atoms with Gasteiger partial charge in [0.1, 0.15) is 5.82 Å². The molecule has 0 aliphatic heterocycles. The molecule has 5 heteroatoms. The molecule has 1 amide bonds. The van der Waals surface area contributed by atoms with Crippen LogP contribution in [-0.2, 0) is 6.42 Å². The van der Waals surface area contributed by atoms with Gasteiger partial charge >= 0.3 is 0 Å². The number of nitrogens with one attached hydrogen (secondary N) is 1. The standard InChI is InChI=1S/C20H27N3O2/c1-15(24)20(2,13-16-8-6-5-7-9-16)14-22-19(25)17-10-11-21-18(12-17)23(3)4/h5-12,15,24H,13-14H2,1-4H3,(H,22,25). The minimum Gasteiger partial charge on any atom is -0.393 e. The molecule has 1 aromatic carbocycles. The summed E-state index contributed by atoms with van der Waals surface area (Å²) >= 11 is 0. The van der Waals surface area contributed by atoms with Crippen molar-refractivity contribution >= 4 is 11.7 Å². The molecule has 0 fully saturated rings. The first-order valence-corrected chi connectivity index (χ1v) is 8.45. The molecule has 0 radical (unpaired) electrons. The van der Waals surface area contributed by atoms with Crippen molar-refractivity contribution in [3.8, 4) is 0 Å². The maximum atomic E-state index is 12.5. The maximum absolute atomic E-state index is 12.5. The van der Waals surface area contributed by atoms with Crippen LogP contribution in [0.5, 0.6) is 0 Å². The lowest BCUT2D eigenvalue weighted by molar-refractivity contribution is 0.0500. The van der Waals surface area contributed by atoms with Gasteiger partial charge in [-0.2, -0.15) is 0 Å². The zero-order chi connectivity index (χ0) is 18.4. The number of rotatable bonds is 7. The van der Waals surface area contributed by atoms with Crippen LogP contribution in [0.2, 0.25) is 0 Å². The van der Waals surface area contributed by atoms with Crippen molar-refractivity contribution in [3.63, 3.8) is 0 Å². The SMILES string of the molecule is CC(O)C(C)(CNC(=O)c1ccnc(N(C)C)c1)Cc1ccccc1. The Kier molecular flexibility index (Phi) is 6.15. The summed E-state index contributed by atoms with van der Waals surface area (Å²) in [6, 6.07) is 13.5. The zero-order valence-electron chi connectivity index (χ0n) is 15.4. The first-order chi connectivity index (χ1) is 11.8. The normalized spacial score (nSPS) is 14.4. The molecule has 2 aromatic rings. The Bertz CT molecular complexity index is 701. The Morgan fingerprint density at radius 2 is 1.96 bits per heavy atom. The lowest BCUT2D eigenvalue weighted by Gasteiger charge is -2.33. The highest BCUT2D eigenvalue weighted by Crippen LogP contribution is 2.26. The van der Waals surface area contributed by atoms with Gasteiger partial charge in [-0.05, 0) is 31.0 Å². The quantitative estimate of drug-likeness (QED) is 0.812. The number of benzene rings is 1. The molecule has 2 N–H and O–H groups in total. The van der Waals surface area contributed by atoms with Crippen molar-refractivity contribution in [1.29, 1.82) is 0 Å². The van der Waals surface area contributed by atoms with Crippen molar-refractivity contribution in [2.45, 2.75) is 26.4 Å². The Morgan fingerprint density at radius 1 is 1.28 bits per heavy atom. The molecule has 2 rings (SSSR count). The number of anilines is 1. The van der Waals surface area contributed by atoms with E-state index in [1.807, 2.05) is 56.3 Å². The van der Waals surface area contributed by atoms with Gasteiger partial charge in [0, 0.05) is 37.8 Å². The molecule has 25 heavy (non-hydrogen) atoms.